The highest BCUT2D eigenvalue weighted by atomic mass is 16.2. The van der Waals surface area contributed by atoms with Gasteiger partial charge in [-0.05, 0) is 32.6 Å². The van der Waals surface area contributed by atoms with Crippen molar-refractivity contribution in [1.29, 1.82) is 0 Å². The first-order valence-electron chi connectivity index (χ1n) is 7.50. The van der Waals surface area contributed by atoms with E-state index in [0.717, 1.165) is 12.8 Å². The van der Waals surface area contributed by atoms with Crippen LogP contribution >= 0.6 is 0 Å². The molecule has 1 atom stereocenters. The van der Waals surface area contributed by atoms with Gasteiger partial charge in [-0.25, -0.2) is 0 Å². The highest BCUT2D eigenvalue weighted by Crippen LogP contribution is 2.32. The van der Waals surface area contributed by atoms with Crippen molar-refractivity contribution in [1.82, 2.24) is 10.2 Å². The molecule has 1 aliphatic carbocycles. The Kier molecular flexibility index (Phi) is 3.88. The summed E-state index contributed by atoms with van der Waals surface area (Å²) in [6.07, 6.45) is 5.65. The number of carbonyl (C=O) groups is 2. The molecule has 2 aliphatic rings. The van der Waals surface area contributed by atoms with E-state index in [4.69, 9.17) is 0 Å². The first kappa shape index (κ1) is 14.4. The van der Waals surface area contributed by atoms with Crippen LogP contribution in [-0.2, 0) is 9.59 Å². The molecule has 2 fully saturated rings. The number of nitrogens with zero attached hydrogens (tertiary/aromatic N) is 1. The molecule has 19 heavy (non-hydrogen) atoms. The predicted octanol–water partition coefficient (Wildman–Crippen LogP) is 2.08. The summed E-state index contributed by atoms with van der Waals surface area (Å²) in [6.45, 7) is 7.71. The van der Waals surface area contributed by atoms with E-state index in [1.165, 1.54) is 19.3 Å². The molecule has 1 N–H and O–H groups in total. The van der Waals surface area contributed by atoms with Crippen LogP contribution in [0, 0.1) is 5.92 Å². The van der Waals surface area contributed by atoms with Crippen molar-refractivity contribution in [2.24, 2.45) is 5.92 Å². The van der Waals surface area contributed by atoms with Crippen LogP contribution in [0.25, 0.3) is 0 Å². The Morgan fingerprint density at radius 2 is 1.74 bits per heavy atom. The summed E-state index contributed by atoms with van der Waals surface area (Å²) in [7, 11) is 0. The second-order valence-corrected chi connectivity index (χ2v) is 6.75. The van der Waals surface area contributed by atoms with Gasteiger partial charge in [0.1, 0.15) is 11.6 Å². The molecule has 0 radical (unpaired) electrons. The normalized spacial score (nSPS) is 28.7. The lowest BCUT2D eigenvalue weighted by Gasteiger charge is -2.50. The minimum Gasteiger partial charge on any atom is -0.342 e. The fourth-order valence-corrected chi connectivity index (χ4v) is 3.34. The van der Waals surface area contributed by atoms with Gasteiger partial charge < -0.3 is 10.2 Å². The third-order valence-corrected chi connectivity index (χ3v) is 4.55. The molecule has 1 heterocycles. The largest absolute Gasteiger partial charge is 0.342 e. The van der Waals surface area contributed by atoms with Crippen molar-refractivity contribution >= 4 is 11.8 Å². The SMILES string of the molecule is CC(C)C1NC(=O)C(C)(C)N(C2CCCCC2)C1=O. The quantitative estimate of drug-likeness (QED) is 0.832. The third-order valence-electron chi connectivity index (χ3n) is 4.55. The highest BCUT2D eigenvalue weighted by molar-refractivity contribution is 5.99. The summed E-state index contributed by atoms with van der Waals surface area (Å²) >= 11 is 0. The molecule has 1 saturated heterocycles. The summed E-state index contributed by atoms with van der Waals surface area (Å²) in [5, 5.41) is 2.89. The van der Waals surface area contributed by atoms with Gasteiger partial charge in [0.15, 0.2) is 0 Å². The molecule has 1 saturated carbocycles. The van der Waals surface area contributed by atoms with E-state index in [0.29, 0.717) is 0 Å². The van der Waals surface area contributed by atoms with Gasteiger partial charge in [0, 0.05) is 6.04 Å². The van der Waals surface area contributed by atoms with Gasteiger partial charge in [-0.1, -0.05) is 33.1 Å². The third kappa shape index (κ3) is 2.49. The molecule has 0 aromatic rings. The van der Waals surface area contributed by atoms with Crippen LogP contribution in [0.2, 0.25) is 0 Å². The lowest BCUT2D eigenvalue weighted by atomic mass is 9.85. The number of hydrogen-bond acceptors (Lipinski definition) is 2. The maximum atomic E-state index is 12.7. The van der Waals surface area contributed by atoms with Gasteiger partial charge in [0.25, 0.3) is 0 Å². The molecule has 1 unspecified atom stereocenters. The Morgan fingerprint density at radius 1 is 1.16 bits per heavy atom. The smallest absolute Gasteiger partial charge is 0.246 e. The van der Waals surface area contributed by atoms with Crippen molar-refractivity contribution in [3.8, 4) is 0 Å². The number of piperazine rings is 1. The fourth-order valence-electron chi connectivity index (χ4n) is 3.34. The Bertz CT molecular complexity index is 370. The van der Waals surface area contributed by atoms with Gasteiger partial charge in [-0.3, -0.25) is 9.59 Å². The van der Waals surface area contributed by atoms with Crippen LogP contribution in [0.15, 0.2) is 0 Å². The van der Waals surface area contributed by atoms with Gasteiger partial charge in [0.2, 0.25) is 11.8 Å². The molecule has 0 aromatic heterocycles. The maximum absolute atomic E-state index is 12.7. The average Bonchev–Trinajstić information content (AvgIpc) is 2.34. The summed E-state index contributed by atoms with van der Waals surface area (Å²) in [5.74, 6) is 0.224. The average molecular weight is 266 g/mol. The van der Waals surface area contributed by atoms with E-state index < -0.39 is 5.54 Å². The zero-order valence-corrected chi connectivity index (χ0v) is 12.5. The van der Waals surface area contributed by atoms with Crippen LogP contribution < -0.4 is 5.32 Å². The van der Waals surface area contributed by atoms with E-state index in [-0.39, 0.29) is 29.8 Å². The van der Waals surface area contributed by atoms with Crippen LogP contribution in [0.1, 0.15) is 59.8 Å². The Balaban J connectivity index is 2.28. The summed E-state index contributed by atoms with van der Waals surface area (Å²) in [6, 6.07) is -0.119. The topological polar surface area (TPSA) is 49.4 Å². The van der Waals surface area contributed by atoms with Crippen molar-refractivity contribution in [2.75, 3.05) is 0 Å². The second kappa shape index (κ2) is 5.14. The summed E-state index contributed by atoms with van der Waals surface area (Å²) in [4.78, 5) is 26.9. The van der Waals surface area contributed by atoms with Gasteiger partial charge in [-0.2, -0.15) is 0 Å². The fraction of sp³-hybridized carbons (Fsp3) is 0.867. The van der Waals surface area contributed by atoms with E-state index in [2.05, 4.69) is 5.32 Å². The molecular weight excluding hydrogens is 240 g/mol. The van der Waals surface area contributed by atoms with Gasteiger partial charge >= 0.3 is 0 Å². The number of amides is 2. The van der Waals surface area contributed by atoms with E-state index in [9.17, 15) is 9.59 Å². The summed E-state index contributed by atoms with van der Waals surface area (Å²) < 4.78 is 0. The predicted molar refractivity (Wildman–Crippen MR) is 74.6 cm³/mol. The minimum atomic E-state index is -0.718. The molecular formula is C15H26N2O2. The molecule has 2 amide bonds. The lowest BCUT2D eigenvalue weighted by Crippen LogP contribution is -2.71. The van der Waals surface area contributed by atoms with Crippen LogP contribution in [-0.4, -0.2) is 34.3 Å². The first-order valence-corrected chi connectivity index (χ1v) is 7.50. The van der Waals surface area contributed by atoms with Crippen molar-refractivity contribution in [2.45, 2.75) is 77.4 Å². The van der Waals surface area contributed by atoms with Crippen LogP contribution in [0.3, 0.4) is 0 Å². The zero-order chi connectivity index (χ0) is 14.2. The van der Waals surface area contributed by atoms with Crippen LogP contribution in [0.5, 0.6) is 0 Å². The Morgan fingerprint density at radius 3 is 2.26 bits per heavy atom. The number of nitrogens with one attached hydrogen (secondary N) is 1. The van der Waals surface area contributed by atoms with E-state index >= 15 is 0 Å². The van der Waals surface area contributed by atoms with Gasteiger partial charge in [0.05, 0.1) is 0 Å². The maximum Gasteiger partial charge on any atom is 0.246 e. The standard InChI is InChI=1S/C15H26N2O2/c1-10(2)12-13(18)17(11-8-6-5-7-9-11)15(3,4)14(19)16-12/h10-12H,5-9H2,1-4H3,(H,16,19). The number of hydrogen-bond donors (Lipinski definition) is 1. The van der Waals surface area contributed by atoms with Gasteiger partial charge in [-0.15, -0.1) is 0 Å². The van der Waals surface area contributed by atoms with Crippen molar-refractivity contribution in [3.05, 3.63) is 0 Å². The van der Waals surface area contributed by atoms with E-state index in [1.807, 2.05) is 32.6 Å². The molecule has 4 heteroatoms. The monoisotopic (exact) mass is 266 g/mol. The molecule has 0 bridgehead atoms. The molecule has 1 aliphatic heterocycles. The molecule has 0 spiro atoms. The molecule has 108 valence electrons. The molecule has 4 nitrogen and oxygen atoms in total. The first-order chi connectivity index (χ1) is 8.85. The Labute approximate surface area is 115 Å². The Hall–Kier alpha value is -1.06. The van der Waals surface area contributed by atoms with Crippen molar-refractivity contribution < 1.29 is 9.59 Å². The minimum absolute atomic E-state index is 0.0172. The number of rotatable bonds is 2. The van der Waals surface area contributed by atoms with Crippen molar-refractivity contribution in [3.63, 3.8) is 0 Å². The second-order valence-electron chi connectivity index (χ2n) is 6.75. The lowest BCUT2D eigenvalue weighted by molar-refractivity contribution is -0.161. The van der Waals surface area contributed by atoms with E-state index in [1.54, 1.807) is 0 Å². The molecule has 2 rings (SSSR count). The number of carbonyl (C=O) groups excluding carboxylic acids is 2. The molecule has 0 aromatic carbocycles. The van der Waals surface area contributed by atoms with Crippen LogP contribution in [0.4, 0.5) is 0 Å². The highest BCUT2D eigenvalue weighted by Gasteiger charge is 2.49. The summed E-state index contributed by atoms with van der Waals surface area (Å²) in [5.41, 5.74) is -0.718. The zero-order valence-electron chi connectivity index (χ0n) is 12.5.